The van der Waals surface area contributed by atoms with E-state index < -0.39 is 0 Å². The van der Waals surface area contributed by atoms with Gasteiger partial charge in [-0.05, 0) is 49.7 Å². The Balaban J connectivity index is 1.84. The Morgan fingerprint density at radius 1 is 1.17 bits per heavy atom. The van der Waals surface area contributed by atoms with Crippen molar-refractivity contribution in [3.63, 3.8) is 0 Å². The van der Waals surface area contributed by atoms with E-state index in [0.717, 1.165) is 11.1 Å². The van der Waals surface area contributed by atoms with Gasteiger partial charge in [0.25, 0.3) is 5.91 Å². The number of benzene rings is 2. The second kappa shape index (κ2) is 6.37. The Morgan fingerprint density at radius 2 is 1.88 bits per heavy atom. The van der Waals surface area contributed by atoms with E-state index in [4.69, 9.17) is 11.6 Å². The molecule has 0 atom stereocenters. The van der Waals surface area contributed by atoms with Crippen molar-refractivity contribution in [3.05, 3.63) is 64.3 Å². The van der Waals surface area contributed by atoms with Crippen LogP contribution in [-0.4, -0.2) is 21.2 Å². The van der Waals surface area contributed by atoms with Crippen LogP contribution in [0.2, 0.25) is 5.02 Å². The van der Waals surface area contributed by atoms with Crippen LogP contribution in [0, 0.1) is 13.8 Å². The van der Waals surface area contributed by atoms with Crippen molar-refractivity contribution in [3.8, 4) is 17.0 Å². The summed E-state index contributed by atoms with van der Waals surface area (Å²) in [5, 5.41) is 20.1. The minimum Gasteiger partial charge on any atom is -0.507 e. The molecule has 6 heteroatoms. The maximum atomic E-state index is 12.3. The molecule has 3 N–H and O–H groups in total. The maximum Gasteiger partial charge on any atom is 0.273 e. The highest BCUT2D eigenvalue weighted by atomic mass is 35.5. The van der Waals surface area contributed by atoms with Gasteiger partial charge in [0.2, 0.25) is 0 Å². The zero-order valence-corrected chi connectivity index (χ0v) is 14.0. The summed E-state index contributed by atoms with van der Waals surface area (Å²) in [6, 6.07) is 12.3. The Labute approximate surface area is 144 Å². The third-order valence-corrected chi connectivity index (χ3v) is 4.09. The molecule has 5 nitrogen and oxygen atoms in total. The highest BCUT2D eigenvalue weighted by Gasteiger charge is 2.15. The molecule has 0 saturated heterocycles. The number of aromatic amines is 1. The minimum absolute atomic E-state index is 0.0638. The van der Waals surface area contributed by atoms with E-state index in [1.165, 1.54) is 0 Å². The Morgan fingerprint density at radius 3 is 2.58 bits per heavy atom. The first-order valence-electron chi connectivity index (χ1n) is 7.37. The molecule has 24 heavy (non-hydrogen) atoms. The predicted molar refractivity (Wildman–Crippen MR) is 94.6 cm³/mol. The van der Waals surface area contributed by atoms with Crippen LogP contribution < -0.4 is 5.32 Å². The molecule has 0 aliphatic rings. The Kier molecular flexibility index (Phi) is 4.27. The number of aromatic hydroxyl groups is 1. The van der Waals surface area contributed by atoms with Crippen LogP contribution in [0.3, 0.4) is 0 Å². The van der Waals surface area contributed by atoms with E-state index in [1.54, 1.807) is 25.1 Å². The van der Waals surface area contributed by atoms with Crippen LogP contribution >= 0.6 is 11.6 Å². The van der Waals surface area contributed by atoms with Gasteiger partial charge < -0.3 is 10.4 Å². The average molecular weight is 342 g/mol. The molecule has 0 spiro atoms. The number of phenols is 1. The van der Waals surface area contributed by atoms with Gasteiger partial charge in [-0.2, -0.15) is 5.10 Å². The summed E-state index contributed by atoms with van der Waals surface area (Å²) in [4.78, 5) is 12.3. The molecule has 3 aromatic rings. The van der Waals surface area contributed by atoms with E-state index in [-0.39, 0.29) is 11.7 Å². The number of anilines is 1. The molecule has 1 aromatic heterocycles. The van der Waals surface area contributed by atoms with Crippen LogP contribution in [0.4, 0.5) is 5.69 Å². The number of carbonyl (C=O) groups excluding carboxylic acids is 1. The van der Waals surface area contributed by atoms with Crippen LogP contribution in [0.15, 0.2) is 42.5 Å². The minimum atomic E-state index is -0.310. The van der Waals surface area contributed by atoms with Gasteiger partial charge in [0.05, 0.1) is 5.69 Å². The van der Waals surface area contributed by atoms with Crippen LogP contribution in [0.5, 0.6) is 5.75 Å². The lowest BCUT2D eigenvalue weighted by atomic mass is 10.1. The number of rotatable bonds is 3. The topological polar surface area (TPSA) is 78.0 Å². The van der Waals surface area contributed by atoms with Crippen molar-refractivity contribution >= 4 is 23.2 Å². The molecule has 1 heterocycles. The van der Waals surface area contributed by atoms with Gasteiger partial charge >= 0.3 is 0 Å². The fourth-order valence-corrected chi connectivity index (χ4v) is 2.45. The molecule has 1 amide bonds. The number of hydrogen-bond donors (Lipinski definition) is 3. The number of nitrogens with zero attached hydrogens (tertiary/aromatic N) is 1. The van der Waals surface area contributed by atoms with Crippen molar-refractivity contribution in [1.29, 1.82) is 0 Å². The second-order valence-corrected chi connectivity index (χ2v) is 6.01. The van der Waals surface area contributed by atoms with E-state index in [1.807, 2.05) is 31.2 Å². The molecule has 2 aromatic carbocycles. The lowest BCUT2D eigenvalue weighted by molar-refractivity contribution is 0.102. The van der Waals surface area contributed by atoms with Gasteiger partial charge in [0.1, 0.15) is 11.4 Å². The zero-order valence-electron chi connectivity index (χ0n) is 13.2. The Bertz CT molecular complexity index is 901. The summed E-state index contributed by atoms with van der Waals surface area (Å²) in [5.41, 5.74) is 3.79. The molecule has 0 saturated carbocycles. The molecule has 0 bridgehead atoms. The summed E-state index contributed by atoms with van der Waals surface area (Å²) in [5.74, 6) is -0.246. The molecule has 0 radical (unpaired) electrons. The number of amides is 1. The number of H-pyrrole nitrogens is 1. The van der Waals surface area contributed by atoms with E-state index >= 15 is 0 Å². The van der Waals surface area contributed by atoms with Gasteiger partial charge in [-0.3, -0.25) is 9.89 Å². The summed E-state index contributed by atoms with van der Waals surface area (Å²) in [6.07, 6.45) is 0. The molecule has 0 aliphatic heterocycles. The number of hydrogen-bond acceptors (Lipinski definition) is 3. The number of carbonyl (C=O) groups is 1. The standard InChI is InChI=1S/C18H16ClN3O2/c1-10-3-5-12(6-4-10)20-18(24)16-9-15(21-22-16)13-8-14(19)11(2)7-17(13)23/h3-9,23H,1-2H3,(H,20,24)(H,21,22). The lowest BCUT2D eigenvalue weighted by Gasteiger charge is -2.04. The summed E-state index contributed by atoms with van der Waals surface area (Å²) in [7, 11) is 0. The van der Waals surface area contributed by atoms with Gasteiger partial charge in [0, 0.05) is 16.3 Å². The fourth-order valence-electron chi connectivity index (χ4n) is 2.28. The summed E-state index contributed by atoms with van der Waals surface area (Å²) in [6.45, 7) is 3.78. The average Bonchev–Trinajstić information content (AvgIpc) is 3.03. The van der Waals surface area contributed by atoms with E-state index in [9.17, 15) is 9.90 Å². The largest absolute Gasteiger partial charge is 0.507 e. The summed E-state index contributed by atoms with van der Waals surface area (Å²) < 4.78 is 0. The quantitative estimate of drug-likeness (QED) is 0.664. The molecular weight excluding hydrogens is 326 g/mol. The molecule has 0 fully saturated rings. The Hall–Kier alpha value is -2.79. The van der Waals surface area contributed by atoms with Crippen LogP contribution in [0.25, 0.3) is 11.3 Å². The number of nitrogens with one attached hydrogen (secondary N) is 2. The molecule has 122 valence electrons. The van der Waals surface area contributed by atoms with Crippen molar-refractivity contribution in [1.82, 2.24) is 10.2 Å². The molecule has 0 aliphatic carbocycles. The third-order valence-electron chi connectivity index (χ3n) is 3.68. The van der Waals surface area contributed by atoms with Gasteiger partial charge in [-0.15, -0.1) is 0 Å². The zero-order chi connectivity index (χ0) is 17.3. The monoisotopic (exact) mass is 341 g/mol. The van der Waals surface area contributed by atoms with Crippen LogP contribution in [-0.2, 0) is 0 Å². The number of aromatic nitrogens is 2. The number of halogens is 1. The molecule has 3 rings (SSSR count). The maximum absolute atomic E-state index is 12.3. The first kappa shape index (κ1) is 16.1. The van der Waals surface area contributed by atoms with Gasteiger partial charge in [0.15, 0.2) is 0 Å². The molecule has 0 unspecified atom stereocenters. The highest BCUT2D eigenvalue weighted by molar-refractivity contribution is 6.31. The van der Waals surface area contributed by atoms with Crippen molar-refractivity contribution in [2.45, 2.75) is 13.8 Å². The first-order valence-corrected chi connectivity index (χ1v) is 7.75. The second-order valence-electron chi connectivity index (χ2n) is 5.61. The lowest BCUT2D eigenvalue weighted by Crippen LogP contribution is -2.12. The highest BCUT2D eigenvalue weighted by Crippen LogP contribution is 2.33. The van der Waals surface area contributed by atoms with Gasteiger partial charge in [-0.25, -0.2) is 0 Å². The molecular formula is C18H16ClN3O2. The SMILES string of the molecule is Cc1ccc(NC(=O)c2cc(-c3cc(Cl)c(C)cc3O)n[nH]2)cc1. The van der Waals surface area contributed by atoms with Gasteiger partial charge in [-0.1, -0.05) is 29.3 Å². The summed E-state index contributed by atoms with van der Waals surface area (Å²) >= 11 is 6.10. The van der Waals surface area contributed by atoms with Crippen molar-refractivity contribution < 1.29 is 9.90 Å². The van der Waals surface area contributed by atoms with E-state index in [2.05, 4.69) is 15.5 Å². The first-order chi connectivity index (χ1) is 11.4. The van der Waals surface area contributed by atoms with Crippen molar-refractivity contribution in [2.24, 2.45) is 0 Å². The fraction of sp³-hybridized carbons (Fsp3) is 0.111. The smallest absolute Gasteiger partial charge is 0.273 e. The number of aryl methyl sites for hydroxylation is 2. The third kappa shape index (κ3) is 3.26. The van der Waals surface area contributed by atoms with Crippen molar-refractivity contribution in [2.75, 3.05) is 5.32 Å². The normalized spacial score (nSPS) is 10.6. The predicted octanol–water partition coefficient (Wildman–Crippen LogP) is 4.30. The number of phenolic OH excluding ortho intramolecular Hbond substituents is 1. The van der Waals surface area contributed by atoms with E-state index in [0.29, 0.717) is 27.7 Å². The van der Waals surface area contributed by atoms with Crippen LogP contribution in [0.1, 0.15) is 21.6 Å².